The topological polar surface area (TPSA) is 28.2 Å². The van der Waals surface area contributed by atoms with Crippen molar-refractivity contribution in [1.82, 2.24) is 9.88 Å². The van der Waals surface area contributed by atoms with Crippen LogP contribution in [0.1, 0.15) is 5.56 Å². The van der Waals surface area contributed by atoms with E-state index in [2.05, 4.69) is 43.3 Å². The molecule has 0 fully saturated rings. The summed E-state index contributed by atoms with van der Waals surface area (Å²) in [5.41, 5.74) is 3.77. The van der Waals surface area contributed by atoms with Gasteiger partial charge in [0.15, 0.2) is 0 Å². The van der Waals surface area contributed by atoms with E-state index in [4.69, 9.17) is 0 Å². The zero-order valence-corrected chi connectivity index (χ0v) is 14.6. The van der Waals surface area contributed by atoms with Crippen LogP contribution in [0.3, 0.4) is 0 Å². The van der Waals surface area contributed by atoms with Gasteiger partial charge in [-0.25, -0.2) is 4.39 Å². The number of anilines is 2. The predicted octanol–water partition coefficient (Wildman–Crippen LogP) is 4.94. The van der Waals surface area contributed by atoms with Crippen molar-refractivity contribution in [2.75, 3.05) is 19.4 Å². The van der Waals surface area contributed by atoms with E-state index in [0.717, 1.165) is 23.3 Å². The number of hydrogen-bond donors (Lipinski definition) is 1. The first-order chi connectivity index (χ1) is 11.0. The van der Waals surface area contributed by atoms with Crippen LogP contribution in [0.25, 0.3) is 10.9 Å². The van der Waals surface area contributed by atoms with Gasteiger partial charge < -0.3 is 10.2 Å². The Morgan fingerprint density at radius 3 is 2.57 bits per heavy atom. The van der Waals surface area contributed by atoms with Gasteiger partial charge in [-0.05, 0) is 59.9 Å². The van der Waals surface area contributed by atoms with Crippen LogP contribution in [0.15, 0.2) is 53.1 Å². The number of halogens is 2. The minimum absolute atomic E-state index is 0.310. The number of hydrogen-bond acceptors (Lipinski definition) is 3. The van der Waals surface area contributed by atoms with Gasteiger partial charge in [0.05, 0.1) is 9.99 Å². The third-order valence-electron chi connectivity index (χ3n) is 3.52. The number of aromatic nitrogens is 1. The molecule has 0 saturated heterocycles. The predicted molar refractivity (Wildman–Crippen MR) is 96.5 cm³/mol. The number of benzene rings is 2. The van der Waals surface area contributed by atoms with Crippen LogP contribution >= 0.6 is 15.9 Å². The Morgan fingerprint density at radius 1 is 1.13 bits per heavy atom. The summed E-state index contributed by atoms with van der Waals surface area (Å²) < 4.78 is 14.1. The van der Waals surface area contributed by atoms with Crippen LogP contribution in [0.2, 0.25) is 0 Å². The second-order valence-corrected chi connectivity index (χ2v) is 6.56. The van der Waals surface area contributed by atoms with Crippen LogP contribution in [0, 0.1) is 5.82 Å². The maximum atomic E-state index is 13.6. The second-order valence-electron chi connectivity index (χ2n) is 5.70. The molecule has 3 aromatic rings. The van der Waals surface area contributed by atoms with E-state index in [-0.39, 0.29) is 5.82 Å². The fraction of sp³-hybridized carbons (Fsp3) is 0.167. The molecule has 3 nitrogen and oxygen atoms in total. The molecule has 1 heterocycles. The molecule has 0 unspecified atom stereocenters. The second kappa shape index (κ2) is 6.64. The number of nitrogens with one attached hydrogen (secondary N) is 1. The van der Waals surface area contributed by atoms with Gasteiger partial charge in [-0.1, -0.05) is 12.1 Å². The lowest BCUT2D eigenvalue weighted by Crippen LogP contribution is -2.10. The van der Waals surface area contributed by atoms with E-state index in [1.165, 1.54) is 11.6 Å². The molecule has 2 aromatic carbocycles. The lowest BCUT2D eigenvalue weighted by atomic mass is 10.1. The van der Waals surface area contributed by atoms with Crippen LogP contribution < -0.4 is 5.32 Å². The largest absolute Gasteiger partial charge is 0.355 e. The molecule has 0 spiro atoms. The number of fused-ring (bicyclic) bond motifs is 1. The monoisotopic (exact) mass is 373 g/mol. The molecular formula is C18H17BrFN3. The van der Waals surface area contributed by atoms with E-state index in [0.29, 0.717) is 9.99 Å². The zero-order chi connectivity index (χ0) is 16.4. The van der Waals surface area contributed by atoms with E-state index >= 15 is 0 Å². The zero-order valence-electron chi connectivity index (χ0n) is 13.0. The van der Waals surface area contributed by atoms with Crippen molar-refractivity contribution >= 4 is 38.2 Å². The van der Waals surface area contributed by atoms with Crippen LogP contribution in [-0.2, 0) is 6.54 Å². The SMILES string of the molecule is CN(C)Cc1ccc(Nc2ccnc3cc(F)c(Br)cc23)cc1. The van der Waals surface area contributed by atoms with Crippen LogP contribution in [0.4, 0.5) is 15.8 Å². The van der Waals surface area contributed by atoms with E-state index < -0.39 is 0 Å². The van der Waals surface area contributed by atoms with Crippen molar-refractivity contribution in [3.8, 4) is 0 Å². The van der Waals surface area contributed by atoms with Gasteiger partial charge in [0.1, 0.15) is 5.82 Å². The molecule has 1 N–H and O–H groups in total. The normalized spacial score (nSPS) is 11.2. The van der Waals surface area contributed by atoms with Gasteiger partial charge in [-0.3, -0.25) is 4.98 Å². The van der Waals surface area contributed by atoms with E-state index in [1.807, 2.05) is 32.3 Å². The molecule has 0 atom stereocenters. The molecule has 5 heteroatoms. The Hall–Kier alpha value is -1.98. The van der Waals surface area contributed by atoms with Gasteiger partial charge in [0, 0.05) is 35.6 Å². The Bertz CT molecular complexity index is 832. The Morgan fingerprint density at radius 2 is 1.87 bits per heavy atom. The van der Waals surface area contributed by atoms with E-state index in [9.17, 15) is 4.39 Å². The molecule has 0 aliphatic carbocycles. The van der Waals surface area contributed by atoms with Gasteiger partial charge in [0.25, 0.3) is 0 Å². The lowest BCUT2D eigenvalue weighted by molar-refractivity contribution is 0.402. The fourth-order valence-corrected chi connectivity index (χ4v) is 2.81. The molecule has 3 rings (SSSR count). The highest BCUT2D eigenvalue weighted by molar-refractivity contribution is 9.10. The average Bonchev–Trinajstić information content (AvgIpc) is 2.51. The molecule has 0 amide bonds. The van der Waals surface area contributed by atoms with Crippen LogP contribution in [-0.4, -0.2) is 24.0 Å². The first-order valence-corrected chi connectivity index (χ1v) is 8.07. The number of pyridine rings is 1. The van der Waals surface area contributed by atoms with Crippen molar-refractivity contribution < 1.29 is 4.39 Å². The average molecular weight is 374 g/mol. The van der Waals surface area contributed by atoms with Crippen molar-refractivity contribution in [3.63, 3.8) is 0 Å². The third-order valence-corrected chi connectivity index (χ3v) is 4.12. The minimum atomic E-state index is -0.310. The van der Waals surface area contributed by atoms with Crippen molar-refractivity contribution in [1.29, 1.82) is 0 Å². The summed E-state index contributed by atoms with van der Waals surface area (Å²) in [5.74, 6) is -0.310. The molecule has 0 bridgehead atoms. The van der Waals surface area contributed by atoms with Crippen molar-refractivity contribution in [2.24, 2.45) is 0 Å². The quantitative estimate of drug-likeness (QED) is 0.701. The summed E-state index contributed by atoms with van der Waals surface area (Å²) in [6, 6.07) is 13.4. The number of nitrogens with zero attached hydrogens (tertiary/aromatic N) is 2. The summed E-state index contributed by atoms with van der Waals surface area (Å²) in [6.45, 7) is 0.907. The smallest absolute Gasteiger partial charge is 0.139 e. The van der Waals surface area contributed by atoms with Crippen molar-refractivity contribution in [3.05, 3.63) is 64.5 Å². The standard InChI is InChI=1S/C18H17BrFN3/c1-23(2)11-12-3-5-13(6-4-12)22-17-7-8-21-18-10-16(20)15(19)9-14(17)18/h3-10H,11H2,1-2H3,(H,21,22). The summed E-state index contributed by atoms with van der Waals surface area (Å²) in [7, 11) is 4.10. The van der Waals surface area contributed by atoms with Crippen LogP contribution in [0.5, 0.6) is 0 Å². The maximum absolute atomic E-state index is 13.6. The summed E-state index contributed by atoms with van der Waals surface area (Å²) in [5, 5.41) is 4.25. The Labute approximate surface area is 143 Å². The van der Waals surface area contributed by atoms with Gasteiger partial charge in [-0.2, -0.15) is 0 Å². The first kappa shape index (κ1) is 15.9. The van der Waals surface area contributed by atoms with Crippen molar-refractivity contribution in [2.45, 2.75) is 6.54 Å². The fourth-order valence-electron chi connectivity index (χ4n) is 2.46. The Balaban J connectivity index is 1.90. The van der Waals surface area contributed by atoms with Gasteiger partial charge in [-0.15, -0.1) is 0 Å². The van der Waals surface area contributed by atoms with Gasteiger partial charge in [0.2, 0.25) is 0 Å². The highest BCUT2D eigenvalue weighted by Crippen LogP contribution is 2.29. The van der Waals surface area contributed by atoms with E-state index in [1.54, 1.807) is 12.3 Å². The molecule has 118 valence electrons. The maximum Gasteiger partial charge on any atom is 0.139 e. The number of rotatable bonds is 4. The molecule has 0 aliphatic rings. The highest BCUT2D eigenvalue weighted by atomic mass is 79.9. The summed E-state index contributed by atoms with van der Waals surface area (Å²) in [6.07, 6.45) is 1.68. The Kier molecular flexibility index (Phi) is 4.59. The minimum Gasteiger partial charge on any atom is -0.355 e. The third kappa shape index (κ3) is 3.68. The lowest BCUT2D eigenvalue weighted by Gasteiger charge is -2.12. The molecule has 23 heavy (non-hydrogen) atoms. The highest BCUT2D eigenvalue weighted by Gasteiger charge is 2.07. The molecule has 0 aliphatic heterocycles. The molecule has 0 saturated carbocycles. The van der Waals surface area contributed by atoms with Gasteiger partial charge >= 0.3 is 0 Å². The first-order valence-electron chi connectivity index (χ1n) is 7.27. The molecular weight excluding hydrogens is 357 g/mol. The molecule has 0 radical (unpaired) electrons. The summed E-state index contributed by atoms with van der Waals surface area (Å²) >= 11 is 3.23. The molecule has 1 aromatic heterocycles. The summed E-state index contributed by atoms with van der Waals surface area (Å²) in [4.78, 5) is 6.36.